The molecule has 1 aromatic carbocycles. The molecule has 27 heavy (non-hydrogen) atoms. The topological polar surface area (TPSA) is 113 Å². The van der Waals surface area contributed by atoms with Gasteiger partial charge in [-0.2, -0.15) is 0 Å². The predicted molar refractivity (Wildman–Crippen MR) is 109 cm³/mol. The fourth-order valence-corrected chi connectivity index (χ4v) is 2.90. The first-order valence-electron chi connectivity index (χ1n) is 8.80. The first-order valence-corrected chi connectivity index (χ1v) is 9.18. The number of amides is 1. The highest BCUT2D eigenvalue weighted by Crippen LogP contribution is 2.18. The number of nitrogens with two attached hydrogens (primary N) is 1. The molecule has 0 atom stereocenters. The molecule has 1 aromatic heterocycles. The molecule has 0 saturated carbocycles. The first-order chi connectivity index (χ1) is 12.9. The van der Waals surface area contributed by atoms with Gasteiger partial charge in [0.1, 0.15) is 11.5 Å². The number of carbonyl (C=O) groups is 1. The second kappa shape index (κ2) is 9.27. The first kappa shape index (κ1) is 20.6. The summed E-state index contributed by atoms with van der Waals surface area (Å²) >= 11 is 5.92. The quantitative estimate of drug-likeness (QED) is 0.635. The standard InChI is InChI=1S/C18H24ClN5O3/c1-3-5-9-24-16(20)15(17(26)22-18(24)27)23(4-2)11-14(25)21-13-8-6-7-12(19)10-13/h6-8,10H,3-5,9,11,20H2,1-2H3,(H,21,25)(H,22,26,27). The molecule has 0 fully saturated rings. The monoisotopic (exact) mass is 393 g/mol. The maximum Gasteiger partial charge on any atom is 0.330 e. The SMILES string of the molecule is CCCCn1c(N)c(N(CC)CC(=O)Nc2cccc(Cl)c2)c(=O)[nH]c1=O. The normalized spacial score (nSPS) is 10.6. The van der Waals surface area contributed by atoms with Crippen molar-refractivity contribution in [2.45, 2.75) is 33.2 Å². The summed E-state index contributed by atoms with van der Waals surface area (Å²) in [6.07, 6.45) is 1.62. The van der Waals surface area contributed by atoms with Crippen molar-refractivity contribution >= 4 is 34.7 Å². The van der Waals surface area contributed by atoms with E-state index in [2.05, 4.69) is 10.3 Å². The lowest BCUT2D eigenvalue weighted by Gasteiger charge is -2.24. The molecule has 2 aromatic rings. The van der Waals surface area contributed by atoms with Crippen LogP contribution in [0.2, 0.25) is 5.02 Å². The highest BCUT2D eigenvalue weighted by Gasteiger charge is 2.20. The smallest absolute Gasteiger partial charge is 0.330 e. The number of benzene rings is 1. The Hall–Kier alpha value is -2.74. The van der Waals surface area contributed by atoms with Crippen LogP contribution in [0.5, 0.6) is 0 Å². The van der Waals surface area contributed by atoms with Crippen LogP contribution in [0.15, 0.2) is 33.9 Å². The third kappa shape index (κ3) is 5.13. The van der Waals surface area contributed by atoms with Crippen LogP contribution in [-0.4, -0.2) is 28.5 Å². The lowest BCUT2D eigenvalue weighted by molar-refractivity contribution is -0.115. The number of aromatic nitrogens is 2. The number of halogens is 1. The third-order valence-electron chi connectivity index (χ3n) is 4.09. The number of hydrogen-bond donors (Lipinski definition) is 3. The molecule has 0 unspecified atom stereocenters. The van der Waals surface area contributed by atoms with E-state index in [9.17, 15) is 14.4 Å². The van der Waals surface area contributed by atoms with E-state index in [1.165, 1.54) is 9.47 Å². The van der Waals surface area contributed by atoms with Crippen LogP contribution in [-0.2, 0) is 11.3 Å². The number of rotatable bonds is 8. The van der Waals surface area contributed by atoms with Crippen molar-refractivity contribution in [3.05, 3.63) is 50.1 Å². The van der Waals surface area contributed by atoms with Crippen molar-refractivity contribution in [1.82, 2.24) is 9.55 Å². The molecule has 2 rings (SSSR count). The zero-order chi connectivity index (χ0) is 20.0. The molecule has 1 amide bonds. The van der Waals surface area contributed by atoms with Crippen LogP contribution in [0.1, 0.15) is 26.7 Å². The van der Waals surface area contributed by atoms with Gasteiger partial charge in [0.05, 0.1) is 6.54 Å². The van der Waals surface area contributed by atoms with Gasteiger partial charge >= 0.3 is 5.69 Å². The van der Waals surface area contributed by atoms with Crippen molar-refractivity contribution in [1.29, 1.82) is 0 Å². The van der Waals surface area contributed by atoms with E-state index >= 15 is 0 Å². The van der Waals surface area contributed by atoms with E-state index in [0.717, 1.165) is 12.8 Å². The van der Waals surface area contributed by atoms with Gasteiger partial charge in [-0.1, -0.05) is 31.0 Å². The molecule has 0 aliphatic carbocycles. The van der Waals surface area contributed by atoms with Crippen LogP contribution < -0.4 is 27.2 Å². The van der Waals surface area contributed by atoms with Gasteiger partial charge in [0.15, 0.2) is 0 Å². The van der Waals surface area contributed by atoms with Gasteiger partial charge in [-0.15, -0.1) is 0 Å². The molecule has 0 radical (unpaired) electrons. The molecule has 146 valence electrons. The zero-order valence-electron chi connectivity index (χ0n) is 15.4. The van der Waals surface area contributed by atoms with E-state index in [1.54, 1.807) is 31.2 Å². The Kier molecular flexibility index (Phi) is 7.06. The number of nitrogens with one attached hydrogen (secondary N) is 2. The molecule has 0 aliphatic rings. The Morgan fingerprint density at radius 3 is 2.70 bits per heavy atom. The minimum atomic E-state index is -0.609. The number of H-pyrrole nitrogens is 1. The molecule has 0 bridgehead atoms. The summed E-state index contributed by atoms with van der Waals surface area (Å²) in [4.78, 5) is 40.6. The summed E-state index contributed by atoms with van der Waals surface area (Å²) in [5.41, 5.74) is 5.62. The summed E-state index contributed by atoms with van der Waals surface area (Å²) in [6.45, 7) is 4.46. The molecule has 4 N–H and O–H groups in total. The minimum Gasteiger partial charge on any atom is -0.383 e. The number of nitrogen functional groups attached to an aromatic ring is 1. The molecular weight excluding hydrogens is 370 g/mol. The fraction of sp³-hybridized carbons (Fsp3) is 0.389. The van der Waals surface area contributed by atoms with Gasteiger partial charge in [-0.05, 0) is 31.5 Å². The Labute approximate surface area is 161 Å². The van der Waals surface area contributed by atoms with Crippen LogP contribution in [0.4, 0.5) is 17.2 Å². The van der Waals surface area contributed by atoms with Gasteiger partial charge in [-0.3, -0.25) is 19.1 Å². The van der Waals surface area contributed by atoms with E-state index in [0.29, 0.717) is 23.8 Å². The van der Waals surface area contributed by atoms with E-state index in [1.807, 2.05) is 6.92 Å². The predicted octanol–water partition coefficient (Wildman–Crippen LogP) is 2.04. The van der Waals surface area contributed by atoms with E-state index in [4.69, 9.17) is 17.3 Å². The van der Waals surface area contributed by atoms with Crippen LogP contribution in [0.3, 0.4) is 0 Å². The van der Waals surface area contributed by atoms with Gasteiger partial charge in [0.2, 0.25) is 5.91 Å². The number of aromatic amines is 1. The summed E-state index contributed by atoms with van der Waals surface area (Å²) in [5.74, 6) is -0.265. The van der Waals surface area contributed by atoms with Crippen molar-refractivity contribution < 1.29 is 4.79 Å². The molecule has 8 nitrogen and oxygen atoms in total. The molecule has 1 heterocycles. The lowest BCUT2D eigenvalue weighted by Crippen LogP contribution is -2.41. The summed E-state index contributed by atoms with van der Waals surface area (Å²) in [6, 6.07) is 6.77. The summed E-state index contributed by atoms with van der Waals surface area (Å²) in [7, 11) is 0. The van der Waals surface area contributed by atoms with Crippen molar-refractivity contribution in [2.24, 2.45) is 0 Å². The van der Waals surface area contributed by atoms with Gasteiger partial charge in [0.25, 0.3) is 5.56 Å². The summed E-state index contributed by atoms with van der Waals surface area (Å²) in [5, 5.41) is 3.23. The highest BCUT2D eigenvalue weighted by molar-refractivity contribution is 6.30. The second-order valence-electron chi connectivity index (χ2n) is 6.07. The van der Waals surface area contributed by atoms with Crippen molar-refractivity contribution in [3.63, 3.8) is 0 Å². The molecule has 0 saturated heterocycles. The lowest BCUT2D eigenvalue weighted by atomic mass is 10.3. The Morgan fingerprint density at radius 2 is 2.07 bits per heavy atom. The van der Waals surface area contributed by atoms with Gasteiger partial charge in [-0.25, -0.2) is 4.79 Å². The average molecular weight is 394 g/mol. The van der Waals surface area contributed by atoms with E-state index in [-0.39, 0.29) is 24.0 Å². The Balaban J connectivity index is 2.27. The fourth-order valence-electron chi connectivity index (χ4n) is 2.71. The Bertz CT molecular complexity index is 922. The van der Waals surface area contributed by atoms with Crippen molar-refractivity contribution in [2.75, 3.05) is 29.0 Å². The summed E-state index contributed by atoms with van der Waals surface area (Å²) < 4.78 is 1.33. The number of likely N-dealkylation sites (N-methyl/N-ethyl adjacent to an activating group) is 1. The molecule has 0 spiro atoms. The highest BCUT2D eigenvalue weighted by atomic mass is 35.5. The Morgan fingerprint density at radius 1 is 1.33 bits per heavy atom. The maximum absolute atomic E-state index is 12.4. The zero-order valence-corrected chi connectivity index (χ0v) is 16.2. The van der Waals surface area contributed by atoms with Gasteiger partial charge < -0.3 is 16.0 Å². The number of hydrogen-bond acceptors (Lipinski definition) is 5. The van der Waals surface area contributed by atoms with Gasteiger partial charge in [0, 0.05) is 23.8 Å². The minimum absolute atomic E-state index is 0.0644. The molecular formula is C18H24ClN5O3. The van der Waals surface area contributed by atoms with E-state index < -0.39 is 11.2 Å². The van der Waals surface area contributed by atoms with Crippen LogP contribution in [0.25, 0.3) is 0 Å². The van der Waals surface area contributed by atoms with Crippen molar-refractivity contribution in [3.8, 4) is 0 Å². The number of unbranched alkanes of at least 4 members (excludes halogenated alkanes) is 1. The van der Waals surface area contributed by atoms with Crippen LogP contribution >= 0.6 is 11.6 Å². The number of carbonyl (C=O) groups excluding carboxylic acids is 1. The maximum atomic E-state index is 12.4. The van der Waals surface area contributed by atoms with Crippen LogP contribution in [0, 0.1) is 0 Å². The number of anilines is 3. The molecule has 0 aliphatic heterocycles. The largest absolute Gasteiger partial charge is 0.383 e. The average Bonchev–Trinajstić information content (AvgIpc) is 2.60. The second-order valence-corrected chi connectivity index (χ2v) is 6.51. The third-order valence-corrected chi connectivity index (χ3v) is 4.33. The molecule has 9 heteroatoms. The number of nitrogens with zero attached hydrogens (tertiary/aromatic N) is 2.